The standard InChI is InChI=1S/C21H20N4O2S2/c1-27-16-10-9-15(18-19(16)25-20(24-18)17-8-5-13-28-17)21(26)22-11-12-23-29-14-6-3-2-4-7-14/h2-10,13,23H,11-12H2,1H3,(H,22,26)(H,24,25). The maximum atomic E-state index is 12.7. The van der Waals surface area contributed by atoms with Gasteiger partial charge in [0.15, 0.2) is 0 Å². The van der Waals surface area contributed by atoms with Crippen LogP contribution in [0.3, 0.4) is 0 Å². The van der Waals surface area contributed by atoms with Gasteiger partial charge in [-0.15, -0.1) is 11.3 Å². The number of imidazole rings is 1. The van der Waals surface area contributed by atoms with Crippen molar-refractivity contribution >= 4 is 40.2 Å². The van der Waals surface area contributed by atoms with Crippen LogP contribution in [0.5, 0.6) is 5.75 Å². The number of aromatic nitrogens is 2. The number of amides is 1. The van der Waals surface area contributed by atoms with E-state index < -0.39 is 0 Å². The number of aromatic amines is 1. The van der Waals surface area contributed by atoms with Crippen LogP contribution in [0.15, 0.2) is 64.9 Å². The van der Waals surface area contributed by atoms with Gasteiger partial charge in [0.2, 0.25) is 0 Å². The second-order valence-corrected chi connectivity index (χ2v) is 8.08. The highest BCUT2D eigenvalue weighted by Gasteiger charge is 2.18. The molecule has 8 heteroatoms. The second kappa shape index (κ2) is 9.13. The van der Waals surface area contributed by atoms with Crippen molar-refractivity contribution in [1.29, 1.82) is 0 Å². The van der Waals surface area contributed by atoms with E-state index in [4.69, 9.17) is 4.74 Å². The lowest BCUT2D eigenvalue weighted by atomic mass is 10.1. The SMILES string of the molecule is COc1ccc(C(=O)NCCNSc2ccccc2)c2nc(-c3cccs3)[nH]c12. The molecule has 1 amide bonds. The highest BCUT2D eigenvalue weighted by atomic mass is 32.2. The van der Waals surface area contributed by atoms with E-state index in [9.17, 15) is 4.79 Å². The van der Waals surface area contributed by atoms with Gasteiger partial charge >= 0.3 is 0 Å². The summed E-state index contributed by atoms with van der Waals surface area (Å²) in [6.07, 6.45) is 0. The molecule has 0 radical (unpaired) electrons. The number of nitrogens with one attached hydrogen (secondary N) is 3. The van der Waals surface area contributed by atoms with E-state index in [1.807, 2.05) is 47.8 Å². The van der Waals surface area contributed by atoms with E-state index >= 15 is 0 Å². The summed E-state index contributed by atoms with van der Waals surface area (Å²) < 4.78 is 8.68. The van der Waals surface area contributed by atoms with Gasteiger partial charge in [-0.05, 0) is 47.7 Å². The molecule has 0 aliphatic rings. The quantitative estimate of drug-likeness (QED) is 0.290. The van der Waals surface area contributed by atoms with Gasteiger partial charge in [0.05, 0.1) is 17.6 Å². The van der Waals surface area contributed by atoms with Crippen LogP contribution in [-0.4, -0.2) is 36.1 Å². The Balaban J connectivity index is 1.44. The van der Waals surface area contributed by atoms with Crippen molar-refractivity contribution in [3.05, 3.63) is 65.5 Å². The molecule has 0 saturated heterocycles. The average molecular weight is 425 g/mol. The van der Waals surface area contributed by atoms with Crippen LogP contribution in [-0.2, 0) is 0 Å². The van der Waals surface area contributed by atoms with Crippen molar-refractivity contribution in [2.24, 2.45) is 0 Å². The highest BCUT2D eigenvalue weighted by molar-refractivity contribution is 7.97. The lowest BCUT2D eigenvalue weighted by Crippen LogP contribution is -2.29. The van der Waals surface area contributed by atoms with Crippen LogP contribution in [0, 0.1) is 0 Å². The summed E-state index contributed by atoms with van der Waals surface area (Å²) in [5.41, 5.74) is 1.86. The third-order valence-electron chi connectivity index (χ3n) is 4.27. The monoisotopic (exact) mass is 424 g/mol. The van der Waals surface area contributed by atoms with Crippen LogP contribution in [0.2, 0.25) is 0 Å². The molecule has 2 heterocycles. The highest BCUT2D eigenvalue weighted by Crippen LogP contribution is 2.31. The van der Waals surface area contributed by atoms with E-state index in [1.54, 1.807) is 42.5 Å². The van der Waals surface area contributed by atoms with Crippen LogP contribution in [0.4, 0.5) is 0 Å². The number of nitrogens with zero attached hydrogens (tertiary/aromatic N) is 1. The lowest BCUT2D eigenvalue weighted by Gasteiger charge is -2.08. The van der Waals surface area contributed by atoms with Crippen molar-refractivity contribution in [3.8, 4) is 16.5 Å². The molecule has 0 unspecified atom stereocenters. The van der Waals surface area contributed by atoms with Crippen LogP contribution in [0.1, 0.15) is 10.4 Å². The minimum Gasteiger partial charge on any atom is -0.494 e. The topological polar surface area (TPSA) is 79.0 Å². The van der Waals surface area contributed by atoms with Gasteiger partial charge in [-0.25, -0.2) is 4.98 Å². The van der Waals surface area contributed by atoms with E-state index in [2.05, 4.69) is 20.0 Å². The van der Waals surface area contributed by atoms with E-state index in [0.717, 1.165) is 21.1 Å². The van der Waals surface area contributed by atoms with Crippen LogP contribution >= 0.6 is 23.3 Å². The summed E-state index contributed by atoms with van der Waals surface area (Å²) in [6, 6.07) is 17.5. The number of H-pyrrole nitrogens is 1. The maximum Gasteiger partial charge on any atom is 0.253 e. The number of benzene rings is 2. The molecule has 2 aromatic heterocycles. The Labute approximate surface area is 176 Å². The predicted molar refractivity (Wildman–Crippen MR) is 119 cm³/mol. The zero-order chi connectivity index (χ0) is 20.1. The van der Waals surface area contributed by atoms with Crippen molar-refractivity contribution in [3.63, 3.8) is 0 Å². The van der Waals surface area contributed by atoms with Crippen LogP contribution in [0.25, 0.3) is 21.7 Å². The minimum absolute atomic E-state index is 0.159. The summed E-state index contributed by atoms with van der Waals surface area (Å²) >= 11 is 3.13. The van der Waals surface area contributed by atoms with E-state index in [0.29, 0.717) is 29.9 Å². The first-order valence-corrected chi connectivity index (χ1v) is 10.8. The zero-order valence-corrected chi connectivity index (χ0v) is 17.4. The Kier molecular flexibility index (Phi) is 6.14. The molecule has 148 valence electrons. The molecule has 2 aromatic carbocycles. The Bertz CT molecular complexity index is 1090. The van der Waals surface area contributed by atoms with Gasteiger partial charge in [0.1, 0.15) is 22.6 Å². The first kappa shape index (κ1) is 19.5. The van der Waals surface area contributed by atoms with Crippen molar-refractivity contribution in [2.75, 3.05) is 20.2 Å². The Morgan fingerprint density at radius 2 is 2.00 bits per heavy atom. The number of carbonyl (C=O) groups excluding carboxylic acids is 1. The van der Waals surface area contributed by atoms with Crippen molar-refractivity contribution < 1.29 is 9.53 Å². The summed E-state index contributed by atoms with van der Waals surface area (Å²) in [5, 5.41) is 4.95. The van der Waals surface area contributed by atoms with Crippen molar-refractivity contribution in [1.82, 2.24) is 20.0 Å². The second-order valence-electron chi connectivity index (χ2n) is 6.17. The molecule has 4 aromatic rings. The molecule has 0 saturated carbocycles. The van der Waals surface area contributed by atoms with Crippen molar-refractivity contribution in [2.45, 2.75) is 4.90 Å². The summed E-state index contributed by atoms with van der Waals surface area (Å²) in [5.74, 6) is 1.23. The summed E-state index contributed by atoms with van der Waals surface area (Å²) in [6.45, 7) is 1.15. The molecular formula is C21H20N4O2S2. The number of fused-ring (bicyclic) bond motifs is 1. The average Bonchev–Trinajstić information content (AvgIpc) is 3.43. The Morgan fingerprint density at radius 1 is 1.14 bits per heavy atom. The fourth-order valence-corrected chi connectivity index (χ4v) is 4.23. The fourth-order valence-electron chi connectivity index (χ4n) is 2.90. The smallest absolute Gasteiger partial charge is 0.253 e. The van der Waals surface area contributed by atoms with Gasteiger partial charge in [0.25, 0.3) is 5.91 Å². The molecule has 0 aliphatic heterocycles. The number of hydrogen-bond donors (Lipinski definition) is 3. The molecule has 0 fully saturated rings. The van der Waals surface area contributed by atoms with Gasteiger partial charge in [0, 0.05) is 18.0 Å². The number of rotatable bonds is 8. The molecule has 0 atom stereocenters. The summed E-state index contributed by atoms with van der Waals surface area (Å²) in [7, 11) is 1.61. The molecule has 0 aliphatic carbocycles. The van der Waals surface area contributed by atoms with Crippen LogP contribution < -0.4 is 14.8 Å². The van der Waals surface area contributed by atoms with Gasteiger partial charge in [-0.2, -0.15) is 0 Å². The lowest BCUT2D eigenvalue weighted by molar-refractivity contribution is 0.0956. The first-order valence-electron chi connectivity index (χ1n) is 9.10. The Morgan fingerprint density at radius 3 is 2.76 bits per heavy atom. The molecule has 6 nitrogen and oxygen atoms in total. The normalized spacial score (nSPS) is 10.9. The maximum absolute atomic E-state index is 12.7. The first-order chi connectivity index (χ1) is 14.3. The molecule has 3 N–H and O–H groups in total. The molecule has 0 bridgehead atoms. The van der Waals surface area contributed by atoms with Gasteiger partial charge in [-0.3, -0.25) is 9.52 Å². The zero-order valence-electron chi connectivity index (χ0n) is 15.8. The fraction of sp³-hybridized carbons (Fsp3) is 0.143. The molecule has 0 spiro atoms. The third-order valence-corrected chi connectivity index (χ3v) is 6.00. The number of thiophene rings is 1. The van der Waals surface area contributed by atoms with E-state index in [-0.39, 0.29) is 5.91 Å². The largest absolute Gasteiger partial charge is 0.494 e. The molecule has 4 rings (SSSR count). The minimum atomic E-state index is -0.159. The number of methoxy groups -OCH3 is 1. The van der Waals surface area contributed by atoms with E-state index in [1.165, 1.54) is 0 Å². The molecule has 29 heavy (non-hydrogen) atoms. The summed E-state index contributed by atoms with van der Waals surface area (Å²) in [4.78, 5) is 22.8. The number of hydrogen-bond acceptors (Lipinski definition) is 6. The number of carbonyl (C=O) groups is 1. The van der Waals surface area contributed by atoms with Gasteiger partial charge in [-0.1, -0.05) is 24.3 Å². The van der Waals surface area contributed by atoms with Gasteiger partial charge < -0.3 is 15.0 Å². The third kappa shape index (κ3) is 4.45. The number of ether oxygens (including phenoxy) is 1. The molecular weight excluding hydrogens is 404 g/mol. The predicted octanol–water partition coefficient (Wildman–Crippen LogP) is 4.33. The Hall–Kier alpha value is -2.81.